The molecule has 1 aliphatic heterocycles. The van der Waals surface area contributed by atoms with Gasteiger partial charge in [0.15, 0.2) is 5.65 Å². The number of aryl methyl sites for hydroxylation is 1. The maximum Gasteiger partial charge on any atom is 0.391 e. The number of fused-ring (bicyclic) bond motifs is 1. The standard InChI is InChI=1S/C26H28Cl2F4N6O/c1-13-2-7-18(27)21(20(13)28)35-25-34-19-12-17(23(36-22(19)37-25)38-10-8-15(29)9-11-38)24(39)33-16-5-3-14(4-6-16)26(30,31)32/h2,7,12,14-16H,3-6,8-11H2,1H3,(H,33,39)(H2,34,35,36,37)/t14-,16-. The van der Waals surface area contributed by atoms with Crippen molar-refractivity contribution < 1.29 is 22.4 Å². The van der Waals surface area contributed by atoms with Crippen molar-refractivity contribution in [2.75, 3.05) is 23.3 Å². The summed E-state index contributed by atoms with van der Waals surface area (Å²) in [5.74, 6) is -1.10. The first-order valence-electron chi connectivity index (χ1n) is 12.9. The van der Waals surface area contributed by atoms with Crippen molar-refractivity contribution in [3.05, 3.63) is 39.4 Å². The Hall–Kier alpha value is -2.79. The van der Waals surface area contributed by atoms with Crippen LogP contribution in [0.25, 0.3) is 11.2 Å². The quantitative estimate of drug-likeness (QED) is 0.277. The molecule has 0 spiro atoms. The minimum atomic E-state index is -4.22. The molecule has 3 heterocycles. The summed E-state index contributed by atoms with van der Waals surface area (Å²) in [6, 6.07) is 4.72. The molecule has 0 atom stereocenters. The van der Waals surface area contributed by atoms with E-state index in [2.05, 4.69) is 25.6 Å². The monoisotopic (exact) mass is 586 g/mol. The number of piperidine rings is 1. The van der Waals surface area contributed by atoms with Crippen LogP contribution in [0, 0.1) is 12.8 Å². The summed E-state index contributed by atoms with van der Waals surface area (Å²) in [5, 5.41) is 6.81. The predicted octanol–water partition coefficient (Wildman–Crippen LogP) is 7.11. The normalized spacial score (nSPS) is 20.8. The van der Waals surface area contributed by atoms with Crippen LogP contribution in [0.2, 0.25) is 10.0 Å². The second-order valence-corrected chi connectivity index (χ2v) is 11.0. The Balaban J connectivity index is 1.43. The van der Waals surface area contributed by atoms with Gasteiger partial charge in [0.05, 0.1) is 27.2 Å². The van der Waals surface area contributed by atoms with Crippen molar-refractivity contribution in [1.82, 2.24) is 20.3 Å². The fourth-order valence-corrected chi connectivity index (χ4v) is 5.64. The number of H-pyrrole nitrogens is 1. The number of amides is 1. The van der Waals surface area contributed by atoms with Gasteiger partial charge in [0.25, 0.3) is 5.91 Å². The van der Waals surface area contributed by atoms with E-state index in [1.54, 1.807) is 18.2 Å². The van der Waals surface area contributed by atoms with E-state index in [9.17, 15) is 22.4 Å². The lowest BCUT2D eigenvalue weighted by Gasteiger charge is -2.32. The number of aromatic amines is 1. The third kappa shape index (κ3) is 6.04. The molecule has 7 nitrogen and oxygen atoms in total. The predicted molar refractivity (Wildman–Crippen MR) is 144 cm³/mol. The molecular weight excluding hydrogens is 559 g/mol. The number of imidazole rings is 1. The average Bonchev–Trinajstić information content (AvgIpc) is 3.30. The van der Waals surface area contributed by atoms with Gasteiger partial charge in [0.1, 0.15) is 17.5 Å². The summed E-state index contributed by atoms with van der Waals surface area (Å²) < 4.78 is 53.1. The number of carbonyl (C=O) groups is 1. The van der Waals surface area contributed by atoms with Crippen molar-refractivity contribution in [2.24, 2.45) is 5.92 Å². The van der Waals surface area contributed by atoms with E-state index in [-0.39, 0.29) is 37.3 Å². The van der Waals surface area contributed by atoms with Crippen LogP contribution < -0.4 is 15.5 Å². The topological polar surface area (TPSA) is 85.9 Å². The first kappa shape index (κ1) is 27.8. The summed E-state index contributed by atoms with van der Waals surface area (Å²) in [7, 11) is 0. The van der Waals surface area contributed by atoms with Crippen molar-refractivity contribution >= 4 is 57.7 Å². The maximum atomic E-state index is 13.9. The van der Waals surface area contributed by atoms with Crippen molar-refractivity contribution in [2.45, 2.75) is 63.8 Å². The van der Waals surface area contributed by atoms with Gasteiger partial charge < -0.3 is 20.5 Å². The molecule has 13 heteroatoms. The summed E-state index contributed by atoms with van der Waals surface area (Å²) in [4.78, 5) is 27.6. The number of halogens is 6. The fraction of sp³-hybridized carbons (Fsp3) is 0.500. The Morgan fingerprint density at radius 1 is 1.08 bits per heavy atom. The van der Waals surface area contributed by atoms with E-state index >= 15 is 0 Å². The molecule has 1 aromatic carbocycles. The van der Waals surface area contributed by atoms with Gasteiger partial charge in [-0.2, -0.15) is 13.2 Å². The molecule has 210 valence electrons. The Morgan fingerprint density at radius 2 is 1.77 bits per heavy atom. The van der Waals surface area contributed by atoms with Gasteiger partial charge >= 0.3 is 6.18 Å². The van der Waals surface area contributed by atoms with Gasteiger partial charge in [-0.3, -0.25) is 4.79 Å². The first-order valence-corrected chi connectivity index (χ1v) is 13.6. The van der Waals surface area contributed by atoms with E-state index < -0.39 is 24.2 Å². The largest absolute Gasteiger partial charge is 0.391 e. The van der Waals surface area contributed by atoms with Gasteiger partial charge in [-0.15, -0.1) is 0 Å². The Morgan fingerprint density at radius 3 is 2.44 bits per heavy atom. The van der Waals surface area contributed by atoms with Gasteiger partial charge in [0.2, 0.25) is 5.95 Å². The molecule has 0 bridgehead atoms. The molecule has 39 heavy (non-hydrogen) atoms. The fourth-order valence-electron chi connectivity index (χ4n) is 5.18. The molecule has 1 saturated carbocycles. The molecule has 1 amide bonds. The second-order valence-electron chi connectivity index (χ2n) is 10.2. The number of hydrogen-bond acceptors (Lipinski definition) is 5. The highest BCUT2D eigenvalue weighted by atomic mass is 35.5. The first-order chi connectivity index (χ1) is 18.5. The molecule has 2 fully saturated rings. The SMILES string of the molecule is Cc1ccc(Cl)c(Nc2nc3cc(C(=O)N[C@H]4CC[C@H](C(F)(F)F)CC4)c(N4CCC(F)CC4)nc3[nH]2)c1Cl. The number of hydrogen-bond donors (Lipinski definition) is 3. The molecule has 0 radical (unpaired) electrons. The molecule has 5 rings (SSSR count). The number of aromatic nitrogens is 3. The molecule has 3 N–H and O–H groups in total. The van der Waals surface area contributed by atoms with Crippen LogP contribution in [-0.4, -0.2) is 52.3 Å². The van der Waals surface area contributed by atoms with E-state index in [0.717, 1.165) is 5.56 Å². The molecule has 2 aliphatic rings. The Kier molecular flexibility index (Phi) is 7.83. The zero-order valence-electron chi connectivity index (χ0n) is 21.1. The van der Waals surface area contributed by atoms with E-state index in [1.807, 2.05) is 11.8 Å². The number of alkyl halides is 4. The van der Waals surface area contributed by atoms with Crippen LogP contribution in [0.15, 0.2) is 18.2 Å². The summed E-state index contributed by atoms with van der Waals surface area (Å²) in [6.45, 7) is 2.60. The third-order valence-corrected chi connectivity index (χ3v) is 8.27. The number of carbonyl (C=O) groups excluding carboxylic acids is 1. The molecule has 1 aliphatic carbocycles. The van der Waals surface area contributed by atoms with Gasteiger partial charge in [-0.1, -0.05) is 29.3 Å². The Labute approximate surface area is 232 Å². The third-order valence-electron chi connectivity index (χ3n) is 7.47. The van der Waals surface area contributed by atoms with Crippen LogP contribution in [0.5, 0.6) is 0 Å². The number of nitrogens with zero attached hydrogens (tertiary/aromatic N) is 3. The van der Waals surface area contributed by atoms with E-state index in [4.69, 9.17) is 23.2 Å². The lowest BCUT2D eigenvalue weighted by molar-refractivity contribution is -0.182. The summed E-state index contributed by atoms with van der Waals surface area (Å²) in [6.07, 6.45) is -4.10. The van der Waals surface area contributed by atoms with Crippen molar-refractivity contribution in [3.63, 3.8) is 0 Å². The minimum absolute atomic E-state index is 0.0267. The molecule has 3 aromatic rings. The smallest absolute Gasteiger partial charge is 0.356 e. The summed E-state index contributed by atoms with van der Waals surface area (Å²) >= 11 is 12.7. The lowest BCUT2D eigenvalue weighted by atomic mass is 9.85. The number of anilines is 3. The number of benzene rings is 1. The van der Waals surface area contributed by atoms with E-state index in [1.165, 1.54) is 0 Å². The number of pyridine rings is 1. The molecule has 1 saturated heterocycles. The van der Waals surface area contributed by atoms with E-state index in [0.29, 0.717) is 64.6 Å². The highest BCUT2D eigenvalue weighted by Gasteiger charge is 2.41. The second kappa shape index (κ2) is 11.0. The molecular formula is C26H28Cl2F4N6O. The Bertz CT molecular complexity index is 1360. The van der Waals surface area contributed by atoms with Crippen LogP contribution in [0.1, 0.15) is 54.4 Å². The molecule has 2 aromatic heterocycles. The number of rotatable bonds is 5. The van der Waals surface area contributed by atoms with Gasteiger partial charge in [-0.05, 0) is 63.1 Å². The lowest BCUT2D eigenvalue weighted by Crippen LogP contribution is -2.41. The van der Waals surface area contributed by atoms with Crippen molar-refractivity contribution in [1.29, 1.82) is 0 Å². The zero-order chi connectivity index (χ0) is 27.9. The van der Waals surface area contributed by atoms with Crippen LogP contribution in [0.4, 0.5) is 35.0 Å². The van der Waals surface area contributed by atoms with Crippen LogP contribution in [-0.2, 0) is 0 Å². The maximum absolute atomic E-state index is 13.9. The van der Waals surface area contributed by atoms with Crippen LogP contribution in [0.3, 0.4) is 0 Å². The van der Waals surface area contributed by atoms with Gasteiger partial charge in [0, 0.05) is 19.1 Å². The van der Waals surface area contributed by atoms with Crippen LogP contribution >= 0.6 is 23.2 Å². The average molecular weight is 587 g/mol. The highest BCUT2D eigenvalue weighted by molar-refractivity contribution is 6.39. The minimum Gasteiger partial charge on any atom is -0.356 e. The number of nitrogens with one attached hydrogen (secondary N) is 3. The highest BCUT2D eigenvalue weighted by Crippen LogP contribution is 2.38. The summed E-state index contributed by atoms with van der Waals surface area (Å²) in [5.41, 5.74) is 2.32. The zero-order valence-corrected chi connectivity index (χ0v) is 22.7. The van der Waals surface area contributed by atoms with Crippen molar-refractivity contribution in [3.8, 4) is 0 Å². The van der Waals surface area contributed by atoms with Gasteiger partial charge in [-0.25, -0.2) is 14.4 Å². The molecule has 0 unspecified atom stereocenters.